The minimum Gasteiger partial charge on any atom is -0.497 e. The second kappa shape index (κ2) is 6.75. The smallest absolute Gasteiger partial charge is 0.336 e. The first-order valence-electron chi connectivity index (χ1n) is 6.69. The summed E-state index contributed by atoms with van der Waals surface area (Å²) >= 11 is 0. The van der Waals surface area contributed by atoms with Crippen molar-refractivity contribution in [2.45, 2.75) is 13.8 Å². The van der Waals surface area contributed by atoms with Gasteiger partial charge >= 0.3 is 5.97 Å². The molecule has 2 aromatic rings. The molecule has 2 rings (SSSR count). The summed E-state index contributed by atoms with van der Waals surface area (Å²) in [6.45, 7) is 3.92. The second-order valence-electron chi connectivity index (χ2n) is 4.80. The predicted octanol–water partition coefficient (Wildman–Crippen LogP) is 3.93. The number of ether oxygens (including phenoxy) is 2. The van der Waals surface area contributed by atoms with Crippen LogP contribution in [0.3, 0.4) is 0 Å². The highest BCUT2D eigenvalue weighted by molar-refractivity contribution is 5.88. The lowest BCUT2D eigenvalue weighted by Crippen LogP contribution is -2.04. The van der Waals surface area contributed by atoms with Crippen LogP contribution < -0.4 is 9.47 Å². The van der Waals surface area contributed by atoms with Gasteiger partial charge in [-0.1, -0.05) is 29.8 Å². The van der Waals surface area contributed by atoms with Gasteiger partial charge in [-0.15, -0.1) is 0 Å². The van der Waals surface area contributed by atoms with Gasteiger partial charge in [-0.3, -0.25) is 0 Å². The third-order valence-corrected chi connectivity index (χ3v) is 3.07. The van der Waals surface area contributed by atoms with E-state index < -0.39 is 5.97 Å². The fraction of sp³-hybridized carbons (Fsp3) is 0.167. The van der Waals surface area contributed by atoms with E-state index in [4.69, 9.17) is 9.47 Å². The van der Waals surface area contributed by atoms with Crippen LogP contribution in [0.15, 0.2) is 48.5 Å². The number of carbonyl (C=O) groups excluding carboxylic acids is 1. The molecule has 0 aromatic heterocycles. The fourth-order valence-electron chi connectivity index (χ4n) is 1.94. The van der Waals surface area contributed by atoms with Crippen molar-refractivity contribution in [1.29, 1.82) is 0 Å². The zero-order chi connectivity index (χ0) is 15.2. The Hall–Kier alpha value is -2.55. The van der Waals surface area contributed by atoms with Gasteiger partial charge in [0.05, 0.1) is 7.11 Å². The molecule has 3 heteroatoms. The molecular weight excluding hydrogens is 264 g/mol. The summed E-state index contributed by atoms with van der Waals surface area (Å²) in [4.78, 5) is 11.8. The number of esters is 1. The van der Waals surface area contributed by atoms with Crippen LogP contribution in [0, 0.1) is 13.8 Å². The molecule has 108 valence electrons. The van der Waals surface area contributed by atoms with Crippen LogP contribution in [-0.2, 0) is 4.79 Å². The monoisotopic (exact) mass is 282 g/mol. The Balaban J connectivity index is 2.01. The van der Waals surface area contributed by atoms with Crippen LogP contribution in [0.5, 0.6) is 11.5 Å². The average Bonchev–Trinajstić information content (AvgIpc) is 2.48. The SMILES string of the molecule is COc1ccc(C=CC(=O)Oc2ccc(C)cc2C)cc1. The molecule has 0 aliphatic heterocycles. The highest BCUT2D eigenvalue weighted by Crippen LogP contribution is 2.19. The van der Waals surface area contributed by atoms with Gasteiger partial charge in [-0.05, 0) is 49.2 Å². The van der Waals surface area contributed by atoms with Crippen LogP contribution >= 0.6 is 0 Å². The molecular formula is C18H18O3. The highest BCUT2D eigenvalue weighted by Gasteiger charge is 2.04. The molecule has 0 aliphatic rings. The highest BCUT2D eigenvalue weighted by atomic mass is 16.5. The van der Waals surface area contributed by atoms with Crippen molar-refractivity contribution in [3.8, 4) is 11.5 Å². The summed E-state index contributed by atoms with van der Waals surface area (Å²) in [6, 6.07) is 13.1. The van der Waals surface area contributed by atoms with Crippen molar-refractivity contribution in [2.75, 3.05) is 7.11 Å². The third-order valence-electron chi connectivity index (χ3n) is 3.07. The first-order chi connectivity index (χ1) is 10.1. The molecule has 3 nitrogen and oxygen atoms in total. The summed E-state index contributed by atoms with van der Waals surface area (Å²) in [6.07, 6.45) is 3.13. The van der Waals surface area contributed by atoms with E-state index in [0.717, 1.165) is 22.4 Å². The quantitative estimate of drug-likeness (QED) is 0.484. The Morgan fingerprint density at radius 3 is 2.38 bits per heavy atom. The van der Waals surface area contributed by atoms with Gasteiger partial charge in [0.1, 0.15) is 11.5 Å². The maximum absolute atomic E-state index is 11.8. The third kappa shape index (κ3) is 4.21. The summed E-state index contributed by atoms with van der Waals surface area (Å²) in [5, 5.41) is 0. The summed E-state index contributed by atoms with van der Waals surface area (Å²) < 4.78 is 10.4. The van der Waals surface area contributed by atoms with Crippen LogP contribution in [0.1, 0.15) is 16.7 Å². The number of benzene rings is 2. The summed E-state index contributed by atoms with van der Waals surface area (Å²) in [7, 11) is 1.62. The first-order valence-corrected chi connectivity index (χ1v) is 6.69. The van der Waals surface area contributed by atoms with Crippen molar-refractivity contribution in [1.82, 2.24) is 0 Å². The van der Waals surface area contributed by atoms with Crippen molar-refractivity contribution >= 4 is 12.0 Å². The molecule has 0 saturated carbocycles. The number of methoxy groups -OCH3 is 1. The molecule has 0 atom stereocenters. The summed E-state index contributed by atoms with van der Waals surface area (Å²) in [5.41, 5.74) is 3.00. The molecule has 0 fully saturated rings. The van der Waals surface area contributed by atoms with E-state index in [1.54, 1.807) is 13.2 Å². The Morgan fingerprint density at radius 2 is 1.76 bits per heavy atom. The topological polar surface area (TPSA) is 35.5 Å². The van der Waals surface area contributed by atoms with Gasteiger partial charge in [0, 0.05) is 6.08 Å². The first kappa shape index (κ1) is 14.9. The van der Waals surface area contributed by atoms with E-state index in [1.807, 2.05) is 56.3 Å². The van der Waals surface area contributed by atoms with E-state index in [0.29, 0.717) is 5.75 Å². The zero-order valence-electron chi connectivity index (χ0n) is 12.4. The fourth-order valence-corrected chi connectivity index (χ4v) is 1.94. The Kier molecular flexibility index (Phi) is 4.77. The normalized spacial score (nSPS) is 10.6. The molecule has 0 spiro atoms. The van der Waals surface area contributed by atoms with Crippen molar-refractivity contribution in [3.05, 3.63) is 65.2 Å². The van der Waals surface area contributed by atoms with E-state index in [-0.39, 0.29) is 0 Å². The van der Waals surface area contributed by atoms with Crippen molar-refractivity contribution in [3.63, 3.8) is 0 Å². The van der Waals surface area contributed by atoms with Crippen LogP contribution in [0.2, 0.25) is 0 Å². The number of rotatable bonds is 4. The average molecular weight is 282 g/mol. The molecule has 0 aliphatic carbocycles. The van der Waals surface area contributed by atoms with E-state index in [2.05, 4.69) is 0 Å². The Bertz CT molecular complexity index is 655. The van der Waals surface area contributed by atoms with E-state index in [9.17, 15) is 4.79 Å². The van der Waals surface area contributed by atoms with Gasteiger partial charge in [-0.2, -0.15) is 0 Å². The molecule has 0 heterocycles. The van der Waals surface area contributed by atoms with Gasteiger partial charge in [0.2, 0.25) is 0 Å². The number of aryl methyl sites for hydroxylation is 2. The standard InChI is InChI=1S/C18H18O3/c1-13-4-10-17(14(2)12-13)21-18(19)11-7-15-5-8-16(20-3)9-6-15/h4-12H,1-3H3. The van der Waals surface area contributed by atoms with Gasteiger partial charge < -0.3 is 9.47 Å². The van der Waals surface area contributed by atoms with Crippen LogP contribution in [0.25, 0.3) is 6.08 Å². The van der Waals surface area contributed by atoms with Crippen molar-refractivity contribution < 1.29 is 14.3 Å². The second-order valence-corrected chi connectivity index (χ2v) is 4.80. The number of hydrogen-bond donors (Lipinski definition) is 0. The minimum absolute atomic E-state index is 0.391. The lowest BCUT2D eigenvalue weighted by Gasteiger charge is -2.05. The molecule has 21 heavy (non-hydrogen) atoms. The molecule has 0 saturated heterocycles. The minimum atomic E-state index is -0.391. The van der Waals surface area contributed by atoms with E-state index in [1.165, 1.54) is 6.08 Å². The Labute approximate surface area is 124 Å². The molecule has 0 unspecified atom stereocenters. The Morgan fingerprint density at radius 1 is 1.05 bits per heavy atom. The predicted molar refractivity (Wildman–Crippen MR) is 83.6 cm³/mol. The summed E-state index contributed by atoms with van der Waals surface area (Å²) in [5.74, 6) is 0.979. The molecule has 0 N–H and O–H groups in total. The maximum Gasteiger partial charge on any atom is 0.336 e. The molecule has 0 radical (unpaired) electrons. The zero-order valence-corrected chi connectivity index (χ0v) is 12.4. The lowest BCUT2D eigenvalue weighted by atomic mass is 10.1. The van der Waals surface area contributed by atoms with Crippen LogP contribution in [-0.4, -0.2) is 13.1 Å². The van der Waals surface area contributed by atoms with Crippen molar-refractivity contribution in [2.24, 2.45) is 0 Å². The lowest BCUT2D eigenvalue weighted by molar-refractivity contribution is -0.128. The van der Waals surface area contributed by atoms with Crippen LogP contribution in [0.4, 0.5) is 0 Å². The maximum atomic E-state index is 11.8. The molecule has 0 bridgehead atoms. The van der Waals surface area contributed by atoms with Gasteiger partial charge in [0.15, 0.2) is 0 Å². The van der Waals surface area contributed by atoms with Gasteiger partial charge in [-0.25, -0.2) is 4.79 Å². The molecule has 2 aromatic carbocycles. The van der Waals surface area contributed by atoms with Gasteiger partial charge in [0.25, 0.3) is 0 Å². The number of carbonyl (C=O) groups is 1. The largest absolute Gasteiger partial charge is 0.497 e. The molecule has 0 amide bonds. The van der Waals surface area contributed by atoms with E-state index >= 15 is 0 Å². The number of hydrogen-bond acceptors (Lipinski definition) is 3.